The maximum Gasteiger partial charge on any atom is 0.416 e. The molecule has 3 aliphatic rings. The Morgan fingerprint density at radius 2 is 1.38 bits per heavy atom. The minimum Gasteiger partial charge on any atom is -0.493 e. The zero-order chi connectivity index (χ0) is 18.6. The van der Waals surface area contributed by atoms with Crippen molar-refractivity contribution in [1.29, 1.82) is 0 Å². The highest BCUT2D eigenvalue weighted by atomic mass is 19.4. The molecule has 134 valence electrons. The molecule has 0 saturated heterocycles. The number of hydrogen-bond acceptors (Lipinski definition) is 3. The fourth-order valence-corrected chi connectivity index (χ4v) is 3.31. The summed E-state index contributed by atoms with van der Waals surface area (Å²) in [5.74, 6) is -1.77. The van der Waals surface area contributed by atoms with Crippen molar-refractivity contribution in [3.8, 4) is 11.8 Å². The molecule has 3 N–H and O–H groups in total. The van der Waals surface area contributed by atoms with Gasteiger partial charge in [-0.25, -0.2) is 0 Å². The summed E-state index contributed by atoms with van der Waals surface area (Å²) in [6.45, 7) is 0. The summed E-state index contributed by atoms with van der Waals surface area (Å²) in [7, 11) is 0. The molecule has 26 heavy (non-hydrogen) atoms. The van der Waals surface area contributed by atoms with Crippen LogP contribution in [0.2, 0.25) is 0 Å². The van der Waals surface area contributed by atoms with Crippen LogP contribution in [0.1, 0.15) is 38.9 Å². The van der Waals surface area contributed by atoms with Crippen LogP contribution in [0.25, 0.3) is 0 Å². The number of amides is 1. The van der Waals surface area contributed by atoms with Crippen molar-refractivity contribution < 1.29 is 28.2 Å². The number of halogens is 3. The molecule has 2 bridgehead atoms. The Morgan fingerprint density at radius 3 is 1.81 bits per heavy atom. The highest BCUT2D eigenvalue weighted by Crippen LogP contribution is 2.49. The van der Waals surface area contributed by atoms with E-state index in [1.165, 1.54) is 0 Å². The van der Waals surface area contributed by atoms with E-state index in [4.69, 9.17) is 0 Å². The first-order valence-corrected chi connectivity index (χ1v) is 7.79. The molecule has 1 aromatic carbocycles. The first kappa shape index (κ1) is 16.3. The second-order valence-electron chi connectivity index (χ2n) is 6.15. The lowest BCUT2D eigenvalue weighted by molar-refractivity contribution is -0.137. The monoisotopic (exact) mass is 362 g/mol. The van der Waals surface area contributed by atoms with Crippen LogP contribution >= 0.6 is 0 Å². The third kappa shape index (κ3) is 2.37. The van der Waals surface area contributed by atoms with Crippen molar-refractivity contribution in [1.82, 2.24) is 4.68 Å². The molecule has 2 aromatic rings. The van der Waals surface area contributed by atoms with Gasteiger partial charge in [-0.3, -0.25) is 10.2 Å². The van der Waals surface area contributed by atoms with Gasteiger partial charge in [0.05, 0.1) is 5.56 Å². The molecule has 1 aromatic heterocycles. The van der Waals surface area contributed by atoms with Crippen molar-refractivity contribution in [2.24, 2.45) is 0 Å². The maximum absolute atomic E-state index is 12.6. The van der Waals surface area contributed by atoms with E-state index in [0.29, 0.717) is 11.1 Å². The number of allylic oxidation sites excluding steroid dienone is 4. The molecule has 0 radical (unpaired) electrons. The standard InChI is InChI=1S/C18H13F3N2O3/c19-18(20,21)12-7-5-11(6-8-12)15(24)22-23-16(25)13-9-1-2-10(4-3-9)14(13)17(23)26/h1-10,25-26H,(H,22,24). The van der Waals surface area contributed by atoms with Crippen molar-refractivity contribution in [2.45, 2.75) is 18.0 Å². The number of alkyl halides is 3. The lowest BCUT2D eigenvalue weighted by atomic mass is 9.78. The van der Waals surface area contributed by atoms with Crippen LogP contribution in [0.4, 0.5) is 13.2 Å². The topological polar surface area (TPSA) is 74.5 Å². The summed E-state index contributed by atoms with van der Waals surface area (Å²) in [5, 5.41) is 20.8. The van der Waals surface area contributed by atoms with E-state index < -0.39 is 17.6 Å². The summed E-state index contributed by atoms with van der Waals surface area (Å²) >= 11 is 0. The lowest BCUT2D eigenvalue weighted by Crippen LogP contribution is -2.22. The predicted molar refractivity (Wildman–Crippen MR) is 86.7 cm³/mol. The number of rotatable bonds is 2. The Labute approximate surface area is 145 Å². The van der Waals surface area contributed by atoms with E-state index in [-0.39, 0.29) is 29.2 Å². The highest BCUT2D eigenvalue weighted by molar-refractivity contribution is 6.00. The fraction of sp³-hybridized carbons (Fsp3) is 0.167. The highest BCUT2D eigenvalue weighted by Gasteiger charge is 2.35. The van der Waals surface area contributed by atoms with Crippen LogP contribution in [0.15, 0.2) is 48.6 Å². The van der Waals surface area contributed by atoms with Crippen LogP contribution in [0.3, 0.4) is 0 Å². The number of hydrogen-bond donors (Lipinski definition) is 3. The van der Waals surface area contributed by atoms with E-state index in [0.717, 1.165) is 28.9 Å². The average Bonchev–Trinajstić information content (AvgIpc) is 2.89. The summed E-state index contributed by atoms with van der Waals surface area (Å²) in [4.78, 5) is 12.3. The van der Waals surface area contributed by atoms with Gasteiger partial charge in [-0.15, -0.1) is 0 Å². The molecule has 0 fully saturated rings. The minimum absolute atomic E-state index is 0.0392. The minimum atomic E-state index is -4.50. The zero-order valence-electron chi connectivity index (χ0n) is 13.2. The summed E-state index contributed by atoms with van der Waals surface area (Å²) in [5.41, 5.74) is 2.42. The average molecular weight is 362 g/mol. The van der Waals surface area contributed by atoms with Crippen LogP contribution in [0.5, 0.6) is 11.8 Å². The second-order valence-corrected chi connectivity index (χ2v) is 6.15. The molecule has 3 aliphatic carbocycles. The van der Waals surface area contributed by atoms with Gasteiger partial charge in [0, 0.05) is 28.5 Å². The van der Waals surface area contributed by atoms with Crippen LogP contribution in [-0.2, 0) is 6.18 Å². The van der Waals surface area contributed by atoms with Gasteiger partial charge in [-0.05, 0) is 24.3 Å². The molecule has 5 nitrogen and oxygen atoms in total. The van der Waals surface area contributed by atoms with E-state index in [2.05, 4.69) is 5.43 Å². The molecular formula is C18H13F3N2O3. The summed E-state index contributed by atoms with van der Waals surface area (Å²) < 4.78 is 38.7. The fourth-order valence-electron chi connectivity index (χ4n) is 3.31. The molecule has 1 heterocycles. The van der Waals surface area contributed by atoms with Gasteiger partial charge in [0.1, 0.15) is 0 Å². The predicted octanol–water partition coefficient (Wildman–Crippen LogP) is 3.61. The number of aromatic hydroxyl groups is 2. The van der Waals surface area contributed by atoms with Crippen LogP contribution in [-0.4, -0.2) is 20.8 Å². The summed E-state index contributed by atoms with van der Waals surface area (Å²) in [6.07, 6.45) is 3.04. The van der Waals surface area contributed by atoms with E-state index in [1.54, 1.807) is 0 Å². The molecule has 0 unspecified atom stereocenters. The van der Waals surface area contributed by atoms with E-state index in [1.807, 2.05) is 24.3 Å². The Hall–Kier alpha value is -3.16. The molecule has 8 heteroatoms. The van der Waals surface area contributed by atoms with Crippen molar-refractivity contribution in [3.63, 3.8) is 0 Å². The molecule has 1 amide bonds. The SMILES string of the molecule is O=C(Nn1c(O)c2c(c1O)C1C=CC2C=C1)c1ccc(C(F)(F)F)cc1. The third-order valence-electron chi connectivity index (χ3n) is 4.60. The van der Waals surface area contributed by atoms with Crippen molar-refractivity contribution in [3.05, 3.63) is 70.8 Å². The van der Waals surface area contributed by atoms with E-state index in [9.17, 15) is 28.2 Å². The molecule has 0 spiro atoms. The third-order valence-corrected chi connectivity index (χ3v) is 4.60. The Balaban J connectivity index is 1.63. The molecule has 0 saturated carbocycles. The van der Waals surface area contributed by atoms with Gasteiger partial charge < -0.3 is 10.2 Å². The molecule has 5 rings (SSSR count). The normalized spacial score (nSPS) is 20.3. The zero-order valence-corrected chi connectivity index (χ0v) is 13.2. The number of nitrogens with one attached hydrogen (secondary N) is 1. The Morgan fingerprint density at radius 1 is 0.923 bits per heavy atom. The number of aromatic nitrogens is 1. The molecule has 0 atom stereocenters. The molecule has 0 aliphatic heterocycles. The van der Waals surface area contributed by atoms with Crippen LogP contribution in [0, 0.1) is 0 Å². The van der Waals surface area contributed by atoms with Crippen molar-refractivity contribution in [2.75, 3.05) is 5.43 Å². The number of nitrogens with zero attached hydrogens (tertiary/aromatic N) is 1. The van der Waals surface area contributed by atoms with Gasteiger partial charge in [-0.2, -0.15) is 17.8 Å². The van der Waals surface area contributed by atoms with Crippen LogP contribution < -0.4 is 5.43 Å². The number of carbonyl (C=O) groups is 1. The van der Waals surface area contributed by atoms with Gasteiger partial charge in [0.15, 0.2) is 0 Å². The first-order valence-electron chi connectivity index (χ1n) is 7.79. The van der Waals surface area contributed by atoms with E-state index >= 15 is 0 Å². The first-order chi connectivity index (χ1) is 12.3. The van der Waals surface area contributed by atoms with Gasteiger partial charge in [0.25, 0.3) is 5.91 Å². The summed E-state index contributed by atoms with van der Waals surface area (Å²) in [6, 6.07) is 3.65. The van der Waals surface area contributed by atoms with Crippen molar-refractivity contribution >= 4 is 5.91 Å². The second kappa shape index (κ2) is 5.42. The van der Waals surface area contributed by atoms with Gasteiger partial charge >= 0.3 is 6.18 Å². The smallest absolute Gasteiger partial charge is 0.416 e. The number of benzene rings is 1. The lowest BCUT2D eigenvalue weighted by Gasteiger charge is -2.24. The number of carbonyl (C=O) groups excluding carboxylic acids is 1. The van der Waals surface area contributed by atoms with Gasteiger partial charge in [0.2, 0.25) is 11.8 Å². The Kier molecular flexibility index (Phi) is 3.40. The molecular weight excluding hydrogens is 349 g/mol. The van der Waals surface area contributed by atoms with Gasteiger partial charge in [-0.1, -0.05) is 24.3 Å². The largest absolute Gasteiger partial charge is 0.493 e. The Bertz CT molecular complexity index is 902. The quantitative estimate of drug-likeness (QED) is 0.715. The maximum atomic E-state index is 12.6.